The van der Waals surface area contributed by atoms with Crippen molar-refractivity contribution in [3.05, 3.63) is 12.2 Å². The fraction of sp³-hybridized carbons (Fsp3) is 0.600. The molecule has 6 nitrogen and oxygen atoms in total. The van der Waals surface area contributed by atoms with E-state index in [1.165, 1.54) is 0 Å². The van der Waals surface area contributed by atoms with Crippen LogP contribution in [0.2, 0.25) is 0 Å². The lowest BCUT2D eigenvalue weighted by molar-refractivity contribution is -0.147. The first-order valence-electron chi connectivity index (χ1n) is 5.26. The highest BCUT2D eigenvalue weighted by Gasteiger charge is 2.00. The van der Waals surface area contributed by atoms with Crippen LogP contribution in [0.25, 0.3) is 0 Å². The molecule has 0 aliphatic rings. The summed E-state index contributed by atoms with van der Waals surface area (Å²) in [4.78, 5) is 31.0. The standard InChI is InChI=1S/C10H18N2O4/c1-3-7-11-15-9(13)5-6-10(14)16-12-8-4-2/h5-6,11-12H,3-4,7-8H2,1-2H3/b6-5-. The van der Waals surface area contributed by atoms with E-state index in [4.69, 9.17) is 0 Å². The Balaban J connectivity index is 3.63. The van der Waals surface area contributed by atoms with E-state index in [1.807, 2.05) is 13.8 Å². The molecule has 16 heavy (non-hydrogen) atoms. The van der Waals surface area contributed by atoms with E-state index in [1.54, 1.807) is 0 Å². The van der Waals surface area contributed by atoms with Gasteiger partial charge in [-0.1, -0.05) is 13.8 Å². The first-order valence-corrected chi connectivity index (χ1v) is 5.26. The van der Waals surface area contributed by atoms with E-state index < -0.39 is 11.9 Å². The number of carbonyl (C=O) groups is 2. The average Bonchev–Trinajstić information content (AvgIpc) is 2.27. The van der Waals surface area contributed by atoms with Crippen molar-refractivity contribution in [3.8, 4) is 0 Å². The Kier molecular flexibility index (Phi) is 9.24. The predicted molar refractivity (Wildman–Crippen MR) is 57.9 cm³/mol. The Morgan fingerprint density at radius 2 is 1.31 bits per heavy atom. The SMILES string of the molecule is CCCNOC(=O)/C=C\C(=O)ONCCC. The van der Waals surface area contributed by atoms with Gasteiger partial charge in [0, 0.05) is 25.2 Å². The number of rotatable bonds is 8. The number of nitrogens with one attached hydrogen (secondary N) is 2. The van der Waals surface area contributed by atoms with Gasteiger partial charge in [-0.2, -0.15) is 11.0 Å². The molecule has 0 aliphatic carbocycles. The van der Waals surface area contributed by atoms with Gasteiger partial charge in [0.2, 0.25) is 0 Å². The van der Waals surface area contributed by atoms with Gasteiger partial charge in [0.1, 0.15) is 0 Å². The Morgan fingerprint density at radius 1 is 0.938 bits per heavy atom. The molecule has 0 atom stereocenters. The second kappa shape index (κ2) is 10.1. The van der Waals surface area contributed by atoms with Gasteiger partial charge in [-0.05, 0) is 12.8 Å². The van der Waals surface area contributed by atoms with Crippen molar-refractivity contribution in [2.45, 2.75) is 26.7 Å². The summed E-state index contributed by atoms with van der Waals surface area (Å²) in [5, 5.41) is 0. The van der Waals surface area contributed by atoms with Crippen LogP contribution >= 0.6 is 0 Å². The molecule has 0 spiro atoms. The average molecular weight is 230 g/mol. The van der Waals surface area contributed by atoms with E-state index in [-0.39, 0.29) is 0 Å². The zero-order chi connectivity index (χ0) is 12.2. The fourth-order valence-corrected chi connectivity index (χ4v) is 0.653. The molecule has 0 aliphatic heterocycles. The molecule has 6 heteroatoms. The normalized spacial score (nSPS) is 10.4. The number of hydrogen-bond acceptors (Lipinski definition) is 6. The van der Waals surface area contributed by atoms with Crippen LogP contribution in [-0.4, -0.2) is 25.0 Å². The maximum Gasteiger partial charge on any atom is 0.349 e. The first-order chi connectivity index (χ1) is 7.70. The molecule has 92 valence electrons. The third-order valence-electron chi connectivity index (χ3n) is 1.41. The lowest BCUT2D eigenvalue weighted by Crippen LogP contribution is -2.21. The topological polar surface area (TPSA) is 76.7 Å². The largest absolute Gasteiger partial charge is 0.367 e. The van der Waals surface area contributed by atoms with Crippen LogP contribution in [0.4, 0.5) is 0 Å². The van der Waals surface area contributed by atoms with Crippen LogP contribution in [0.15, 0.2) is 12.2 Å². The molecule has 0 aromatic carbocycles. The summed E-state index contributed by atoms with van der Waals surface area (Å²) in [5.41, 5.74) is 4.88. The quantitative estimate of drug-likeness (QED) is 0.358. The van der Waals surface area contributed by atoms with E-state index >= 15 is 0 Å². The van der Waals surface area contributed by atoms with Gasteiger partial charge in [0.25, 0.3) is 0 Å². The third kappa shape index (κ3) is 9.17. The molecular formula is C10H18N2O4. The zero-order valence-corrected chi connectivity index (χ0v) is 9.62. The summed E-state index contributed by atoms with van der Waals surface area (Å²) in [6.45, 7) is 5.02. The van der Waals surface area contributed by atoms with Crippen LogP contribution in [0.1, 0.15) is 26.7 Å². The number of hydrogen-bond donors (Lipinski definition) is 2. The van der Waals surface area contributed by atoms with Crippen molar-refractivity contribution in [3.63, 3.8) is 0 Å². The fourth-order valence-electron chi connectivity index (χ4n) is 0.653. The monoisotopic (exact) mass is 230 g/mol. The van der Waals surface area contributed by atoms with Crippen molar-refractivity contribution >= 4 is 11.9 Å². The summed E-state index contributed by atoms with van der Waals surface area (Å²) in [6, 6.07) is 0. The molecule has 0 aromatic rings. The molecule has 0 rings (SSSR count). The second-order valence-electron chi connectivity index (χ2n) is 2.96. The second-order valence-corrected chi connectivity index (χ2v) is 2.96. The zero-order valence-electron chi connectivity index (χ0n) is 9.62. The third-order valence-corrected chi connectivity index (χ3v) is 1.41. The Labute approximate surface area is 94.9 Å². The van der Waals surface area contributed by atoms with Crippen LogP contribution in [0, 0.1) is 0 Å². The Bertz CT molecular complexity index is 217. The lowest BCUT2D eigenvalue weighted by atomic mass is 10.5. The van der Waals surface area contributed by atoms with Gasteiger partial charge in [0.05, 0.1) is 0 Å². The molecule has 0 saturated heterocycles. The maximum absolute atomic E-state index is 11.0. The minimum Gasteiger partial charge on any atom is -0.367 e. The maximum atomic E-state index is 11.0. The minimum atomic E-state index is -0.638. The van der Waals surface area contributed by atoms with Gasteiger partial charge >= 0.3 is 11.9 Å². The smallest absolute Gasteiger partial charge is 0.349 e. The van der Waals surface area contributed by atoms with Crippen LogP contribution in [0.5, 0.6) is 0 Å². The summed E-state index contributed by atoms with van der Waals surface area (Å²) < 4.78 is 0. The Morgan fingerprint density at radius 3 is 1.62 bits per heavy atom. The summed E-state index contributed by atoms with van der Waals surface area (Å²) in [5.74, 6) is -1.28. The molecule has 0 radical (unpaired) electrons. The molecule has 0 saturated carbocycles. The molecule has 0 bridgehead atoms. The van der Waals surface area contributed by atoms with E-state index in [2.05, 4.69) is 20.6 Å². The van der Waals surface area contributed by atoms with Crippen molar-refractivity contribution in [2.75, 3.05) is 13.1 Å². The molecule has 0 aromatic heterocycles. The molecule has 2 N–H and O–H groups in total. The highest BCUT2D eigenvalue weighted by atomic mass is 16.7. The van der Waals surface area contributed by atoms with Crippen molar-refractivity contribution in [1.82, 2.24) is 11.0 Å². The highest BCUT2D eigenvalue weighted by molar-refractivity contribution is 5.91. The predicted octanol–water partition coefficient (Wildman–Crippen LogP) is 0.458. The highest BCUT2D eigenvalue weighted by Crippen LogP contribution is 1.83. The van der Waals surface area contributed by atoms with Crippen molar-refractivity contribution < 1.29 is 19.3 Å². The van der Waals surface area contributed by atoms with Gasteiger partial charge in [-0.3, -0.25) is 0 Å². The van der Waals surface area contributed by atoms with Crippen LogP contribution < -0.4 is 11.0 Å². The van der Waals surface area contributed by atoms with Gasteiger partial charge in [-0.25, -0.2) is 9.59 Å². The van der Waals surface area contributed by atoms with E-state index in [0.717, 1.165) is 25.0 Å². The van der Waals surface area contributed by atoms with Gasteiger partial charge in [0.15, 0.2) is 0 Å². The van der Waals surface area contributed by atoms with Gasteiger partial charge < -0.3 is 9.68 Å². The molecular weight excluding hydrogens is 212 g/mol. The van der Waals surface area contributed by atoms with E-state index in [0.29, 0.717) is 13.1 Å². The minimum absolute atomic E-state index is 0.572. The van der Waals surface area contributed by atoms with Crippen molar-refractivity contribution in [2.24, 2.45) is 0 Å². The summed E-state index contributed by atoms with van der Waals surface area (Å²) in [6.07, 6.45) is 3.69. The molecule has 0 fully saturated rings. The van der Waals surface area contributed by atoms with Crippen molar-refractivity contribution in [1.29, 1.82) is 0 Å². The summed E-state index contributed by atoms with van der Waals surface area (Å²) >= 11 is 0. The van der Waals surface area contributed by atoms with E-state index in [9.17, 15) is 9.59 Å². The number of carbonyl (C=O) groups excluding carboxylic acids is 2. The first kappa shape index (κ1) is 14.6. The lowest BCUT2D eigenvalue weighted by Gasteiger charge is -2.01. The molecule has 0 heterocycles. The van der Waals surface area contributed by atoms with Gasteiger partial charge in [-0.15, -0.1) is 0 Å². The molecule has 0 unspecified atom stereocenters. The summed E-state index contributed by atoms with van der Waals surface area (Å²) in [7, 11) is 0. The number of hydroxylamine groups is 2. The molecule has 0 amide bonds. The van der Waals surface area contributed by atoms with Crippen LogP contribution in [0.3, 0.4) is 0 Å². The Hall–Kier alpha value is -1.40. The van der Waals surface area contributed by atoms with Crippen LogP contribution in [-0.2, 0) is 19.3 Å².